The maximum atomic E-state index is 12.5. The number of nitrogens with one attached hydrogen (secondary N) is 1. The number of ether oxygens (including phenoxy) is 1. The molecule has 0 fully saturated rings. The molecule has 2 aromatic carbocycles. The third-order valence-corrected chi connectivity index (χ3v) is 4.96. The summed E-state index contributed by atoms with van der Waals surface area (Å²) in [4.78, 5) is 13.6. The Morgan fingerprint density at radius 3 is 2.36 bits per heavy atom. The highest BCUT2D eigenvalue weighted by atomic mass is 32.1. The fraction of sp³-hybridized carbons (Fsp3) is 0.190. The molecule has 4 heteroatoms. The zero-order chi connectivity index (χ0) is 17.6. The molecule has 128 valence electrons. The molecule has 0 unspecified atom stereocenters. The lowest BCUT2D eigenvalue weighted by Crippen LogP contribution is -2.33. The van der Waals surface area contributed by atoms with Gasteiger partial charge in [-0.3, -0.25) is 4.79 Å². The minimum absolute atomic E-state index is 0.000399. The van der Waals surface area contributed by atoms with Gasteiger partial charge in [0.1, 0.15) is 5.75 Å². The number of benzene rings is 2. The summed E-state index contributed by atoms with van der Waals surface area (Å²) >= 11 is 1.63. The van der Waals surface area contributed by atoms with Crippen molar-refractivity contribution < 1.29 is 9.53 Å². The van der Waals surface area contributed by atoms with E-state index in [2.05, 4.69) is 5.32 Å². The van der Waals surface area contributed by atoms with Crippen molar-refractivity contribution in [2.24, 2.45) is 0 Å². The molecule has 0 spiro atoms. The van der Waals surface area contributed by atoms with Crippen LogP contribution in [0, 0.1) is 13.8 Å². The highest BCUT2D eigenvalue weighted by Crippen LogP contribution is 2.26. The van der Waals surface area contributed by atoms with Crippen LogP contribution in [0.4, 0.5) is 0 Å². The van der Waals surface area contributed by atoms with Crippen LogP contribution in [0.15, 0.2) is 66.0 Å². The molecule has 0 saturated carbocycles. The molecule has 1 aromatic heterocycles. The van der Waals surface area contributed by atoms with Crippen molar-refractivity contribution in [1.29, 1.82) is 0 Å². The van der Waals surface area contributed by atoms with E-state index in [1.54, 1.807) is 11.3 Å². The van der Waals surface area contributed by atoms with E-state index in [0.717, 1.165) is 27.3 Å². The van der Waals surface area contributed by atoms with E-state index in [-0.39, 0.29) is 18.6 Å². The van der Waals surface area contributed by atoms with Gasteiger partial charge >= 0.3 is 0 Å². The average Bonchev–Trinajstić information content (AvgIpc) is 3.14. The lowest BCUT2D eigenvalue weighted by Gasteiger charge is -2.19. The number of hydrogen-bond donors (Lipinski definition) is 1. The molecule has 1 atom stereocenters. The zero-order valence-corrected chi connectivity index (χ0v) is 15.2. The van der Waals surface area contributed by atoms with Crippen LogP contribution in [-0.2, 0) is 4.79 Å². The van der Waals surface area contributed by atoms with Gasteiger partial charge in [-0.25, -0.2) is 0 Å². The van der Waals surface area contributed by atoms with Crippen molar-refractivity contribution in [3.63, 3.8) is 0 Å². The standard InChI is InChI=1S/C21H21NO2S/c1-15-8-6-9-16(2)21(15)24-14-19(23)22-20(18-12-7-13-25-18)17-10-4-3-5-11-17/h3-13,20H,14H2,1-2H3,(H,22,23)/t20-/m1/s1. The summed E-state index contributed by atoms with van der Waals surface area (Å²) in [5, 5.41) is 5.11. The highest BCUT2D eigenvalue weighted by Gasteiger charge is 2.18. The van der Waals surface area contributed by atoms with E-state index in [1.807, 2.05) is 79.9 Å². The van der Waals surface area contributed by atoms with Crippen molar-refractivity contribution in [1.82, 2.24) is 5.32 Å². The van der Waals surface area contributed by atoms with Gasteiger partial charge in [0, 0.05) is 4.88 Å². The minimum Gasteiger partial charge on any atom is -0.483 e. The molecule has 0 saturated heterocycles. The number of amides is 1. The first-order valence-corrected chi connectivity index (χ1v) is 9.10. The predicted molar refractivity (Wildman–Crippen MR) is 102 cm³/mol. The van der Waals surface area contributed by atoms with Crippen molar-refractivity contribution in [2.45, 2.75) is 19.9 Å². The van der Waals surface area contributed by atoms with E-state index in [4.69, 9.17) is 4.74 Å². The van der Waals surface area contributed by atoms with Crippen LogP contribution < -0.4 is 10.1 Å². The SMILES string of the molecule is Cc1cccc(C)c1OCC(=O)N[C@H](c1ccccc1)c1cccs1. The topological polar surface area (TPSA) is 38.3 Å². The van der Waals surface area contributed by atoms with Gasteiger partial charge in [-0.05, 0) is 42.0 Å². The third-order valence-electron chi connectivity index (χ3n) is 4.02. The molecule has 0 aliphatic heterocycles. The van der Waals surface area contributed by atoms with E-state index >= 15 is 0 Å². The molecular weight excluding hydrogens is 330 g/mol. The monoisotopic (exact) mass is 351 g/mol. The van der Waals surface area contributed by atoms with Gasteiger partial charge in [0.25, 0.3) is 5.91 Å². The second-order valence-electron chi connectivity index (χ2n) is 5.94. The number of rotatable bonds is 6. The molecule has 0 aliphatic carbocycles. The quantitative estimate of drug-likeness (QED) is 0.702. The largest absolute Gasteiger partial charge is 0.483 e. The Kier molecular flexibility index (Phi) is 5.51. The molecule has 25 heavy (non-hydrogen) atoms. The third kappa shape index (κ3) is 4.28. The maximum absolute atomic E-state index is 12.5. The smallest absolute Gasteiger partial charge is 0.258 e. The summed E-state index contributed by atoms with van der Waals surface area (Å²) in [6.45, 7) is 3.97. The first kappa shape index (κ1) is 17.2. The van der Waals surface area contributed by atoms with Crippen LogP contribution in [0.1, 0.15) is 27.6 Å². The second kappa shape index (κ2) is 7.99. The highest BCUT2D eigenvalue weighted by molar-refractivity contribution is 7.10. The van der Waals surface area contributed by atoms with Gasteiger partial charge in [0.15, 0.2) is 6.61 Å². The fourth-order valence-electron chi connectivity index (χ4n) is 2.79. The molecule has 3 aromatic rings. The zero-order valence-electron chi connectivity index (χ0n) is 14.4. The van der Waals surface area contributed by atoms with E-state index in [1.165, 1.54) is 0 Å². The first-order chi connectivity index (χ1) is 12.1. The van der Waals surface area contributed by atoms with Gasteiger partial charge < -0.3 is 10.1 Å². The second-order valence-corrected chi connectivity index (χ2v) is 6.92. The Morgan fingerprint density at radius 1 is 1.00 bits per heavy atom. The van der Waals surface area contributed by atoms with E-state index < -0.39 is 0 Å². The molecule has 1 amide bonds. The van der Waals surface area contributed by atoms with Crippen molar-refractivity contribution in [2.75, 3.05) is 6.61 Å². The van der Waals surface area contributed by atoms with Crippen LogP contribution >= 0.6 is 11.3 Å². The Hall–Kier alpha value is -2.59. The van der Waals surface area contributed by atoms with Crippen LogP contribution in [0.3, 0.4) is 0 Å². The van der Waals surface area contributed by atoms with Crippen LogP contribution in [0.5, 0.6) is 5.75 Å². The molecule has 0 radical (unpaired) electrons. The summed E-state index contributed by atoms with van der Waals surface area (Å²) in [6.07, 6.45) is 0. The number of carbonyl (C=O) groups is 1. The van der Waals surface area contributed by atoms with Crippen molar-refractivity contribution in [3.05, 3.63) is 87.6 Å². The molecule has 1 heterocycles. The summed E-state index contributed by atoms with van der Waals surface area (Å²) in [6, 6.07) is 19.8. The van der Waals surface area contributed by atoms with Crippen LogP contribution in [0.25, 0.3) is 0 Å². The van der Waals surface area contributed by atoms with E-state index in [9.17, 15) is 4.79 Å². The molecule has 3 rings (SSSR count). The van der Waals surface area contributed by atoms with Gasteiger partial charge in [0.05, 0.1) is 6.04 Å². The molecular formula is C21H21NO2S. The predicted octanol–water partition coefficient (Wildman–Crippen LogP) is 4.65. The van der Waals surface area contributed by atoms with Gasteiger partial charge in [0.2, 0.25) is 0 Å². The van der Waals surface area contributed by atoms with Gasteiger partial charge in [-0.1, -0.05) is 54.6 Å². The number of hydrogen-bond acceptors (Lipinski definition) is 3. The Bertz CT molecular complexity index is 808. The summed E-state index contributed by atoms with van der Waals surface area (Å²) in [5.41, 5.74) is 3.13. The number of thiophene rings is 1. The van der Waals surface area contributed by atoms with E-state index in [0.29, 0.717) is 0 Å². The minimum atomic E-state index is -0.157. The van der Waals surface area contributed by atoms with Gasteiger partial charge in [-0.2, -0.15) is 0 Å². The Morgan fingerprint density at radius 2 is 1.72 bits per heavy atom. The first-order valence-electron chi connectivity index (χ1n) is 8.22. The van der Waals surface area contributed by atoms with Crippen LogP contribution in [0.2, 0.25) is 0 Å². The molecule has 0 bridgehead atoms. The summed E-state index contributed by atoms with van der Waals surface area (Å²) < 4.78 is 5.77. The average molecular weight is 351 g/mol. The lowest BCUT2D eigenvalue weighted by molar-refractivity contribution is -0.123. The normalized spacial score (nSPS) is 11.8. The lowest BCUT2D eigenvalue weighted by atomic mass is 10.1. The molecule has 0 aliphatic rings. The number of aryl methyl sites for hydroxylation is 2. The Balaban J connectivity index is 1.71. The Labute approximate surface area is 152 Å². The van der Waals surface area contributed by atoms with Crippen LogP contribution in [-0.4, -0.2) is 12.5 Å². The van der Waals surface area contributed by atoms with Crippen molar-refractivity contribution in [3.8, 4) is 5.75 Å². The number of carbonyl (C=O) groups excluding carboxylic acids is 1. The fourth-order valence-corrected chi connectivity index (χ4v) is 3.59. The maximum Gasteiger partial charge on any atom is 0.258 e. The number of para-hydroxylation sites is 1. The molecule has 1 N–H and O–H groups in total. The van der Waals surface area contributed by atoms with Gasteiger partial charge in [-0.15, -0.1) is 11.3 Å². The van der Waals surface area contributed by atoms with Crippen molar-refractivity contribution >= 4 is 17.2 Å². The summed E-state index contributed by atoms with van der Waals surface area (Å²) in [5.74, 6) is 0.648. The molecule has 3 nitrogen and oxygen atoms in total. The summed E-state index contributed by atoms with van der Waals surface area (Å²) in [7, 11) is 0.